The van der Waals surface area contributed by atoms with Crippen molar-refractivity contribution in [2.45, 2.75) is 47.7 Å². The number of pyridine rings is 1. The Labute approximate surface area is 186 Å². The van der Waals surface area contributed by atoms with E-state index in [0.717, 1.165) is 54.0 Å². The first-order valence-corrected chi connectivity index (χ1v) is 12.4. The van der Waals surface area contributed by atoms with Gasteiger partial charge in [-0.25, -0.2) is 22.7 Å². The molecule has 0 bridgehead atoms. The largest absolute Gasteiger partial charge is 0.354 e. The quantitative estimate of drug-likeness (QED) is 0.536. The van der Waals surface area contributed by atoms with Gasteiger partial charge >= 0.3 is 0 Å². The van der Waals surface area contributed by atoms with Crippen LogP contribution in [-0.2, 0) is 16.4 Å². The number of fused-ring (bicyclic) bond motifs is 1. The Morgan fingerprint density at radius 2 is 2.10 bits per heavy atom. The fourth-order valence-corrected chi connectivity index (χ4v) is 5.52. The maximum atomic E-state index is 12.5. The minimum absolute atomic E-state index is 0.128. The first-order chi connectivity index (χ1) is 14.7. The average Bonchev–Trinajstić information content (AvgIpc) is 3.30. The molecule has 1 fully saturated rings. The van der Waals surface area contributed by atoms with E-state index in [2.05, 4.69) is 28.7 Å². The molecule has 0 radical (unpaired) electrons. The van der Waals surface area contributed by atoms with Gasteiger partial charge in [-0.15, -0.1) is 0 Å². The van der Waals surface area contributed by atoms with E-state index in [9.17, 15) is 8.42 Å². The van der Waals surface area contributed by atoms with Crippen LogP contribution in [0.15, 0.2) is 33.4 Å². The summed E-state index contributed by atoms with van der Waals surface area (Å²) in [5.41, 5.74) is 9.23. The molecule has 3 N–H and O–H groups in total. The van der Waals surface area contributed by atoms with Crippen LogP contribution in [0.1, 0.15) is 24.6 Å². The number of anilines is 1. The minimum Gasteiger partial charge on any atom is -0.354 e. The Balaban J connectivity index is 1.77. The van der Waals surface area contributed by atoms with Crippen LogP contribution in [0.2, 0.25) is 0 Å². The second kappa shape index (κ2) is 8.38. The van der Waals surface area contributed by atoms with E-state index in [1.165, 1.54) is 36.4 Å². The van der Waals surface area contributed by atoms with E-state index < -0.39 is 10.0 Å². The molecule has 0 aliphatic carbocycles. The number of hydrogen-bond donors (Lipinski definition) is 2. The zero-order valence-electron chi connectivity index (χ0n) is 18.1. The van der Waals surface area contributed by atoms with Crippen molar-refractivity contribution in [1.29, 1.82) is 0 Å². The number of nitrogens with zero attached hydrogens (tertiary/aromatic N) is 5. The zero-order valence-corrected chi connectivity index (χ0v) is 19.7. The highest BCUT2D eigenvalue weighted by Crippen LogP contribution is 2.35. The Morgan fingerprint density at radius 3 is 2.74 bits per heavy atom. The molecule has 0 unspecified atom stereocenters. The molecule has 1 atom stereocenters. The first-order valence-electron chi connectivity index (χ1n) is 10.2. The first kappa shape index (κ1) is 22.0. The molecule has 4 heterocycles. The molecule has 31 heavy (non-hydrogen) atoms. The number of rotatable bonds is 6. The van der Waals surface area contributed by atoms with E-state index in [0.29, 0.717) is 10.1 Å². The number of hydrogen-bond acceptors (Lipinski definition) is 8. The van der Waals surface area contributed by atoms with Gasteiger partial charge in [0.05, 0.1) is 5.39 Å². The second-order valence-corrected chi connectivity index (χ2v) is 11.1. The van der Waals surface area contributed by atoms with Crippen LogP contribution in [0.4, 0.5) is 5.82 Å². The number of aryl methyl sites for hydroxylation is 2. The number of aromatic nitrogens is 4. The summed E-state index contributed by atoms with van der Waals surface area (Å²) in [6, 6.07) is 1.73. The van der Waals surface area contributed by atoms with Crippen molar-refractivity contribution in [2.24, 2.45) is 5.73 Å². The average molecular weight is 462 g/mol. The Bertz CT molecular complexity index is 1220. The van der Waals surface area contributed by atoms with Gasteiger partial charge in [0.15, 0.2) is 5.16 Å². The molecule has 1 aliphatic rings. The summed E-state index contributed by atoms with van der Waals surface area (Å²) in [7, 11) is -0.575. The van der Waals surface area contributed by atoms with E-state index in [4.69, 9.17) is 15.7 Å². The molecule has 0 saturated carbocycles. The number of H-pyrrole nitrogens is 1. The van der Waals surface area contributed by atoms with Crippen LogP contribution in [0.25, 0.3) is 11.0 Å². The van der Waals surface area contributed by atoms with Gasteiger partial charge in [0, 0.05) is 56.2 Å². The van der Waals surface area contributed by atoms with E-state index in [-0.39, 0.29) is 10.9 Å². The predicted molar refractivity (Wildman–Crippen MR) is 122 cm³/mol. The molecule has 0 spiro atoms. The molecule has 9 nitrogen and oxygen atoms in total. The van der Waals surface area contributed by atoms with Crippen LogP contribution < -0.4 is 10.6 Å². The summed E-state index contributed by atoms with van der Waals surface area (Å²) in [4.78, 5) is 20.1. The Hall–Kier alpha value is -2.21. The standard InChI is InChI=1S/C20H27N7O2S2/c1-5-16-12(2)17-18(23-16)24-20(25-19(17)27-7-6-13(21)11-27)30-14-8-15(10-22-9-14)31(28,29)26(3)4/h8-10,13H,5-7,11,21H2,1-4H3,(H,23,24,25)/t13-/m1/s1. The molecule has 1 aliphatic heterocycles. The van der Waals surface area contributed by atoms with Crippen molar-refractivity contribution in [3.05, 3.63) is 29.7 Å². The van der Waals surface area contributed by atoms with E-state index in [1.807, 2.05) is 0 Å². The SMILES string of the molecule is CCc1[nH]c2nc(Sc3cncc(S(=O)(=O)N(C)C)c3)nc(N3CC[C@@H](N)C3)c2c1C. The van der Waals surface area contributed by atoms with Crippen LogP contribution in [0.3, 0.4) is 0 Å². The highest BCUT2D eigenvalue weighted by atomic mass is 32.2. The molecule has 11 heteroatoms. The normalized spacial score (nSPS) is 17.2. The molecular weight excluding hydrogens is 434 g/mol. The lowest BCUT2D eigenvalue weighted by Gasteiger charge is -2.19. The van der Waals surface area contributed by atoms with Gasteiger partial charge in [0.25, 0.3) is 0 Å². The third-order valence-electron chi connectivity index (χ3n) is 5.52. The topological polar surface area (TPSA) is 121 Å². The lowest BCUT2D eigenvalue weighted by Crippen LogP contribution is -2.27. The predicted octanol–water partition coefficient (Wildman–Crippen LogP) is 2.16. The molecule has 166 valence electrons. The molecular formula is C20H27N7O2S2. The van der Waals surface area contributed by atoms with Gasteiger partial charge < -0.3 is 15.6 Å². The summed E-state index contributed by atoms with van der Waals surface area (Å²) in [5, 5.41) is 1.56. The molecule has 0 amide bonds. The maximum absolute atomic E-state index is 12.5. The van der Waals surface area contributed by atoms with Crippen molar-refractivity contribution >= 4 is 38.6 Å². The third kappa shape index (κ3) is 4.14. The van der Waals surface area contributed by atoms with E-state index in [1.54, 1.807) is 12.3 Å². The Morgan fingerprint density at radius 1 is 1.32 bits per heavy atom. The number of aromatic amines is 1. The molecule has 3 aromatic heterocycles. The van der Waals surface area contributed by atoms with Crippen molar-refractivity contribution < 1.29 is 8.42 Å². The molecule has 1 saturated heterocycles. The fraction of sp³-hybridized carbons (Fsp3) is 0.450. The van der Waals surface area contributed by atoms with Gasteiger partial charge in [-0.2, -0.15) is 0 Å². The lowest BCUT2D eigenvalue weighted by molar-refractivity contribution is 0.520. The smallest absolute Gasteiger partial charge is 0.244 e. The fourth-order valence-electron chi connectivity index (χ4n) is 3.77. The van der Waals surface area contributed by atoms with Gasteiger partial charge in [0.2, 0.25) is 10.0 Å². The van der Waals surface area contributed by atoms with Crippen molar-refractivity contribution in [2.75, 3.05) is 32.1 Å². The number of sulfonamides is 1. The summed E-state index contributed by atoms with van der Waals surface area (Å²) in [5.74, 6) is 0.874. The van der Waals surface area contributed by atoms with Crippen LogP contribution in [0.5, 0.6) is 0 Å². The Kier molecular flexibility index (Phi) is 5.95. The summed E-state index contributed by atoms with van der Waals surface area (Å²) in [6.45, 7) is 5.80. The summed E-state index contributed by atoms with van der Waals surface area (Å²) >= 11 is 1.30. The highest BCUT2D eigenvalue weighted by Gasteiger charge is 2.26. The highest BCUT2D eigenvalue weighted by molar-refractivity contribution is 7.99. The molecule has 4 rings (SSSR count). The van der Waals surface area contributed by atoms with Crippen molar-refractivity contribution in [3.63, 3.8) is 0 Å². The van der Waals surface area contributed by atoms with Crippen LogP contribution in [-0.4, -0.2) is 65.9 Å². The summed E-state index contributed by atoms with van der Waals surface area (Å²) < 4.78 is 26.1. The van der Waals surface area contributed by atoms with Gasteiger partial charge in [-0.1, -0.05) is 6.92 Å². The number of nitrogens with one attached hydrogen (secondary N) is 1. The monoisotopic (exact) mass is 461 g/mol. The van der Waals surface area contributed by atoms with Crippen molar-refractivity contribution in [1.82, 2.24) is 24.2 Å². The molecule has 0 aromatic carbocycles. The second-order valence-electron chi connectivity index (χ2n) is 7.88. The zero-order chi connectivity index (χ0) is 22.3. The minimum atomic E-state index is -3.57. The maximum Gasteiger partial charge on any atom is 0.244 e. The van der Waals surface area contributed by atoms with E-state index >= 15 is 0 Å². The van der Waals surface area contributed by atoms with Crippen molar-refractivity contribution in [3.8, 4) is 0 Å². The van der Waals surface area contributed by atoms with Gasteiger partial charge in [-0.05, 0) is 43.2 Å². The van der Waals surface area contributed by atoms with Gasteiger partial charge in [0.1, 0.15) is 16.4 Å². The van der Waals surface area contributed by atoms with Gasteiger partial charge in [-0.3, -0.25) is 4.98 Å². The molecule has 3 aromatic rings. The third-order valence-corrected chi connectivity index (χ3v) is 8.12. The number of nitrogens with two attached hydrogens (primary N) is 1. The lowest BCUT2D eigenvalue weighted by atomic mass is 10.1. The summed E-state index contributed by atoms with van der Waals surface area (Å²) in [6.07, 6.45) is 4.77. The van der Waals surface area contributed by atoms with Crippen LogP contribution in [0, 0.1) is 6.92 Å². The van der Waals surface area contributed by atoms with Crippen LogP contribution >= 0.6 is 11.8 Å².